The van der Waals surface area contributed by atoms with Gasteiger partial charge < -0.3 is 10.1 Å². The summed E-state index contributed by atoms with van der Waals surface area (Å²) in [6.07, 6.45) is 2.56. The molecule has 1 N–H and O–H groups in total. The quantitative estimate of drug-likeness (QED) is 0.811. The number of ether oxygens (including phenoxy) is 1. The summed E-state index contributed by atoms with van der Waals surface area (Å²) in [5, 5.41) is 2.94. The molecule has 0 saturated carbocycles. The Morgan fingerprint density at radius 2 is 1.90 bits per heavy atom. The number of carbonyl (C=O) groups excluding carboxylic acids is 1. The molecule has 0 bridgehead atoms. The lowest BCUT2D eigenvalue weighted by Crippen LogP contribution is -2.13. The van der Waals surface area contributed by atoms with Gasteiger partial charge in [-0.15, -0.1) is 0 Å². The van der Waals surface area contributed by atoms with E-state index in [4.69, 9.17) is 4.74 Å². The van der Waals surface area contributed by atoms with Crippen molar-refractivity contribution in [2.75, 3.05) is 11.9 Å². The van der Waals surface area contributed by atoms with E-state index >= 15 is 0 Å². The third-order valence-corrected chi connectivity index (χ3v) is 3.13. The van der Waals surface area contributed by atoms with Crippen LogP contribution in [-0.2, 0) is 6.42 Å². The number of anilines is 1. The molecule has 0 aliphatic rings. The molecule has 0 saturated heterocycles. The lowest BCUT2D eigenvalue weighted by molar-refractivity contribution is 0.102. The fourth-order valence-corrected chi connectivity index (χ4v) is 2.00. The zero-order valence-corrected chi connectivity index (χ0v) is 12.1. The first kappa shape index (κ1) is 14.9. The van der Waals surface area contributed by atoms with Gasteiger partial charge in [-0.05, 0) is 42.3 Å². The van der Waals surface area contributed by atoms with Gasteiger partial charge in [0.05, 0.1) is 0 Å². The predicted octanol–water partition coefficient (Wildman–Crippen LogP) is 4.07. The molecule has 0 unspecified atom stereocenters. The van der Waals surface area contributed by atoms with E-state index in [1.165, 1.54) is 0 Å². The maximum Gasteiger partial charge on any atom is 0.255 e. The fraction of sp³-hybridized carbons (Fsp3) is 0.167. The van der Waals surface area contributed by atoms with Crippen molar-refractivity contribution in [3.8, 4) is 5.75 Å². The van der Waals surface area contributed by atoms with E-state index in [0.717, 1.165) is 23.4 Å². The number of rotatable bonds is 6. The van der Waals surface area contributed by atoms with E-state index in [1.54, 1.807) is 30.3 Å². The summed E-state index contributed by atoms with van der Waals surface area (Å²) in [5.41, 5.74) is 2.58. The maximum atomic E-state index is 12.2. The average Bonchev–Trinajstić information content (AvgIpc) is 2.54. The molecule has 0 atom stereocenters. The largest absolute Gasteiger partial charge is 0.490 e. The van der Waals surface area contributed by atoms with Crippen LogP contribution in [0, 0.1) is 0 Å². The van der Waals surface area contributed by atoms with Crippen LogP contribution in [0.5, 0.6) is 5.75 Å². The van der Waals surface area contributed by atoms with Gasteiger partial charge in [-0.25, -0.2) is 0 Å². The molecular weight excluding hydrogens is 262 g/mol. The van der Waals surface area contributed by atoms with Crippen molar-refractivity contribution >= 4 is 11.6 Å². The molecule has 0 radical (unpaired) electrons. The second-order valence-corrected chi connectivity index (χ2v) is 4.59. The van der Waals surface area contributed by atoms with Crippen LogP contribution in [0.25, 0.3) is 0 Å². The molecule has 2 rings (SSSR count). The standard InChI is InChI=1S/C18H19NO2/c1-3-13-21-16-11-9-15(10-12-16)18(20)19-17-8-6-5-7-14(17)4-2/h3,5-12H,1,4,13H2,2H3,(H,19,20). The van der Waals surface area contributed by atoms with Crippen LogP contribution in [0.4, 0.5) is 5.69 Å². The molecule has 0 aliphatic heterocycles. The van der Waals surface area contributed by atoms with Crippen molar-refractivity contribution in [1.82, 2.24) is 0 Å². The van der Waals surface area contributed by atoms with E-state index in [2.05, 4.69) is 18.8 Å². The Labute approximate surface area is 125 Å². The van der Waals surface area contributed by atoms with Gasteiger partial charge in [-0.1, -0.05) is 37.8 Å². The van der Waals surface area contributed by atoms with Gasteiger partial charge in [0.15, 0.2) is 0 Å². The number of aryl methyl sites for hydroxylation is 1. The van der Waals surface area contributed by atoms with Gasteiger partial charge in [-0.3, -0.25) is 4.79 Å². The first-order valence-electron chi connectivity index (χ1n) is 6.97. The minimum absolute atomic E-state index is 0.119. The minimum atomic E-state index is -0.119. The van der Waals surface area contributed by atoms with Crippen molar-refractivity contribution in [3.63, 3.8) is 0 Å². The molecule has 2 aromatic rings. The Morgan fingerprint density at radius 1 is 1.19 bits per heavy atom. The fourth-order valence-electron chi connectivity index (χ4n) is 2.00. The molecule has 2 aromatic carbocycles. The Morgan fingerprint density at radius 3 is 2.57 bits per heavy atom. The highest BCUT2D eigenvalue weighted by Gasteiger charge is 2.08. The number of para-hydroxylation sites is 1. The van der Waals surface area contributed by atoms with Crippen LogP contribution in [-0.4, -0.2) is 12.5 Å². The lowest BCUT2D eigenvalue weighted by atomic mass is 10.1. The number of nitrogens with one attached hydrogen (secondary N) is 1. The molecular formula is C18H19NO2. The molecule has 0 fully saturated rings. The van der Waals surface area contributed by atoms with Crippen LogP contribution in [0.2, 0.25) is 0 Å². The van der Waals surface area contributed by atoms with Gasteiger partial charge in [0.25, 0.3) is 5.91 Å². The normalized spacial score (nSPS) is 9.95. The van der Waals surface area contributed by atoms with E-state index in [-0.39, 0.29) is 5.91 Å². The smallest absolute Gasteiger partial charge is 0.255 e. The highest BCUT2D eigenvalue weighted by atomic mass is 16.5. The predicted molar refractivity (Wildman–Crippen MR) is 85.9 cm³/mol. The number of amides is 1. The number of hydrogen-bond acceptors (Lipinski definition) is 2. The molecule has 21 heavy (non-hydrogen) atoms. The minimum Gasteiger partial charge on any atom is -0.490 e. The number of benzene rings is 2. The van der Waals surface area contributed by atoms with Crippen molar-refractivity contribution in [2.24, 2.45) is 0 Å². The topological polar surface area (TPSA) is 38.3 Å². The molecule has 0 spiro atoms. The molecule has 1 amide bonds. The van der Waals surface area contributed by atoms with Crippen molar-refractivity contribution in [3.05, 3.63) is 72.3 Å². The Bertz CT molecular complexity index is 617. The average molecular weight is 281 g/mol. The molecule has 0 aromatic heterocycles. The highest BCUT2D eigenvalue weighted by Crippen LogP contribution is 2.18. The first-order chi connectivity index (χ1) is 10.2. The van der Waals surface area contributed by atoms with Gasteiger partial charge in [-0.2, -0.15) is 0 Å². The summed E-state index contributed by atoms with van der Waals surface area (Å²) in [4.78, 5) is 12.2. The molecule has 0 aliphatic carbocycles. The van der Waals surface area contributed by atoms with E-state index in [0.29, 0.717) is 12.2 Å². The van der Waals surface area contributed by atoms with Crippen molar-refractivity contribution in [1.29, 1.82) is 0 Å². The van der Waals surface area contributed by atoms with Crippen molar-refractivity contribution in [2.45, 2.75) is 13.3 Å². The summed E-state index contributed by atoms with van der Waals surface area (Å²) in [5.74, 6) is 0.603. The Kier molecular flexibility index (Phi) is 5.16. The maximum absolute atomic E-state index is 12.2. The van der Waals surface area contributed by atoms with Gasteiger partial charge in [0.2, 0.25) is 0 Å². The number of hydrogen-bond donors (Lipinski definition) is 1. The third-order valence-electron chi connectivity index (χ3n) is 3.13. The van der Waals surface area contributed by atoms with Gasteiger partial charge in [0, 0.05) is 11.3 Å². The molecule has 0 heterocycles. The first-order valence-corrected chi connectivity index (χ1v) is 6.97. The van der Waals surface area contributed by atoms with Crippen LogP contribution in [0.1, 0.15) is 22.8 Å². The van der Waals surface area contributed by atoms with Crippen LogP contribution in [0.15, 0.2) is 61.2 Å². The van der Waals surface area contributed by atoms with Crippen LogP contribution in [0.3, 0.4) is 0 Å². The van der Waals surface area contributed by atoms with Crippen LogP contribution < -0.4 is 10.1 Å². The summed E-state index contributed by atoms with van der Waals surface area (Å²) in [6.45, 7) is 6.12. The SMILES string of the molecule is C=CCOc1ccc(C(=O)Nc2ccccc2CC)cc1. The van der Waals surface area contributed by atoms with Crippen molar-refractivity contribution < 1.29 is 9.53 Å². The van der Waals surface area contributed by atoms with E-state index in [1.807, 2.05) is 24.3 Å². The molecule has 108 valence electrons. The molecule has 3 nitrogen and oxygen atoms in total. The zero-order valence-electron chi connectivity index (χ0n) is 12.1. The highest BCUT2D eigenvalue weighted by molar-refractivity contribution is 6.04. The van der Waals surface area contributed by atoms with Crippen LogP contribution >= 0.6 is 0 Å². The lowest BCUT2D eigenvalue weighted by Gasteiger charge is -2.10. The molecule has 3 heteroatoms. The zero-order chi connectivity index (χ0) is 15.1. The van der Waals surface area contributed by atoms with E-state index in [9.17, 15) is 4.79 Å². The Hall–Kier alpha value is -2.55. The van der Waals surface area contributed by atoms with Gasteiger partial charge >= 0.3 is 0 Å². The Balaban J connectivity index is 2.07. The second-order valence-electron chi connectivity index (χ2n) is 4.59. The second kappa shape index (κ2) is 7.29. The van der Waals surface area contributed by atoms with E-state index < -0.39 is 0 Å². The number of carbonyl (C=O) groups is 1. The third kappa shape index (κ3) is 3.96. The monoisotopic (exact) mass is 281 g/mol. The summed E-state index contributed by atoms with van der Waals surface area (Å²) >= 11 is 0. The summed E-state index contributed by atoms with van der Waals surface area (Å²) in [7, 11) is 0. The summed E-state index contributed by atoms with van der Waals surface area (Å²) < 4.78 is 5.39. The van der Waals surface area contributed by atoms with Gasteiger partial charge in [0.1, 0.15) is 12.4 Å². The summed E-state index contributed by atoms with van der Waals surface area (Å²) in [6, 6.07) is 14.9.